The van der Waals surface area contributed by atoms with Crippen molar-refractivity contribution in [3.63, 3.8) is 0 Å². The van der Waals surface area contributed by atoms with Gasteiger partial charge in [-0.1, -0.05) is 19.1 Å². The van der Waals surface area contributed by atoms with Gasteiger partial charge in [0, 0.05) is 18.8 Å². The molecule has 1 aromatic heterocycles. The van der Waals surface area contributed by atoms with Crippen molar-refractivity contribution in [3.8, 4) is 5.75 Å². The zero-order chi connectivity index (χ0) is 14.4. The highest BCUT2D eigenvalue weighted by molar-refractivity contribution is 5.29. The van der Waals surface area contributed by atoms with Crippen molar-refractivity contribution in [3.05, 3.63) is 58.8 Å². The predicted octanol–water partition coefficient (Wildman–Crippen LogP) is 1.60. The van der Waals surface area contributed by atoms with Crippen LogP contribution in [0.25, 0.3) is 0 Å². The molecular weight excluding hydrogens is 254 g/mol. The summed E-state index contributed by atoms with van der Waals surface area (Å²) in [5.74, 6) is 0.822. The Morgan fingerprint density at radius 2 is 2.05 bits per heavy atom. The van der Waals surface area contributed by atoms with E-state index in [9.17, 15) is 4.79 Å². The fourth-order valence-corrected chi connectivity index (χ4v) is 2.08. The Hall–Kier alpha value is -2.14. The third-order valence-electron chi connectivity index (χ3n) is 3.14. The third-order valence-corrected chi connectivity index (χ3v) is 3.14. The van der Waals surface area contributed by atoms with Crippen molar-refractivity contribution in [1.82, 2.24) is 14.9 Å². The van der Waals surface area contributed by atoms with Crippen LogP contribution in [0.3, 0.4) is 0 Å². The number of nitrogens with zero attached hydrogens (tertiary/aromatic N) is 2. The van der Waals surface area contributed by atoms with E-state index in [4.69, 9.17) is 4.74 Å². The van der Waals surface area contributed by atoms with Crippen LogP contribution in [0.4, 0.5) is 0 Å². The lowest BCUT2D eigenvalue weighted by atomic mass is 10.1. The van der Waals surface area contributed by atoms with Crippen LogP contribution in [0.5, 0.6) is 5.75 Å². The fraction of sp³-hybridized carbons (Fsp3) is 0.333. The summed E-state index contributed by atoms with van der Waals surface area (Å²) in [7, 11) is 1.64. The van der Waals surface area contributed by atoms with Crippen molar-refractivity contribution < 1.29 is 4.74 Å². The molecular formula is C15H19N3O2. The lowest BCUT2D eigenvalue weighted by molar-refractivity contribution is 0.413. The summed E-state index contributed by atoms with van der Waals surface area (Å²) in [6.07, 6.45) is 3.07. The lowest BCUT2D eigenvalue weighted by Crippen LogP contribution is -2.30. The van der Waals surface area contributed by atoms with Crippen molar-refractivity contribution >= 4 is 0 Å². The van der Waals surface area contributed by atoms with Gasteiger partial charge in [0.2, 0.25) is 0 Å². The summed E-state index contributed by atoms with van der Waals surface area (Å²) in [6.45, 7) is 3.42. The molecule has 0 fully saturated rings. The molecule has 0 aliphatic carbocycles. The molecule has 0 spiro atoms. The van der Waals surface area contributed by atoms with E-state index in [0.29, 0.717) is 6.54 Å². The molecule has 0 radical (unpaired) electrons. The Labute approximate surface area is 118 Å². The van der Waals surface area contributed by atoms with Crippen LogP contribution in [-0.4, -0.2) is 23.2 Å². The standard InChI is InChI=1S/C15H19N3O2/c1-3-17-14(10-18-11-16-9-8-15(18)19)12-4-6-13(20-2)7-5-12/h4-9,11,14,17H,3,10H2,1-2H3. The molecule has 1 N–H and O–H groups in total. The van der Waals surface area contributed by atoms with Crippen LogP contribution in [0.1, 0.15) is 18.5 Å². The van der Waals surface area contributed by atoms with Gasteiger partial charge in [-0.3, -0.25) is 9.36 Å². The summed E-state index contributed by atoms with van der Waals surface area (Å²) in [6, 6.07) is 9.39. The van der Waals surface area contributed by atoms with Gasteiger partial charge in [-0.15, -0.1) is 0 Å². The molecule has 0 aliphatic heterocycles. The number of nitrogens with one attached hydrogen (secondary N) is 1. The Kier molecular flexibility index (Phi) is 4.90. The second-order valence-electron chi connectivity index (χ2n) is 4.45. The number of likely N-dealkylation sites (N-methyl/N-ethyl adjacent to an activating group) is 1. The number of benzene rings is 1. The summed E-state index contributed by atoms with van der Waals surface area (Å²) in [4.78, 5) is 15.8. The van der Waals surface area contributed by atoms with E-state index in [0.717, 1.165) is 17.9 Å². The molecule has 0 aliphatic rings. The minimum Gasteiger partial charge on any atom is -0.497 e. The van der Waals surface area contributed by atoms with E-state index in [1.807, 2.05) is 31.2 Å². The molecule has 106 valence electrons. The largest absolute Gasteiger partial charge is 0.497 e. The lowest BCUT2D eigenvalue weighted by Gasteiger charge is -2.19. The molecule has 1 atom stereocenters. The maximum absolute atomic E-state index is 11.8. The van der Waals surface area contributed by atoms with Gasteiger partial charge < -0.3 is 10.1 Å². The Morgan fingerprint density at radius 1 is 1.30 bits per heavy atom. The SMILES string of the molecule is CCNC(Cn1cnccc1=O)c1ccc(OC)cc1. The van der Waals surface area contributed by atoms with E-state index in [1.54, 1.807) is 18.0 Å². The van der Waals surface area contributed by atoms with Crippen LogP contribution < -0.4 is 15.6 Å². The molecule has 0 bridgehead atoms. The first-order chi connectivity index (χ1) is 9.74. The van der Waals surface area contributed by atoms with E-state index in [-0.39, 0.29) is 11.6 Å². The topological polar surface area (TPSA) is 56.2 Å². The number of aromatic nitrogens is 2. The van der Waals surface area contributed by atoms with Crippen LogP contribution in [0.2, 0.25) is 0 Å². The monoisotopic (exact) mass is 273 g/mol. The quantitative estimate of drug-likeness (QED) is 0.868. The number of hydrogen-bond donors (Lipinski definition) is 1. The molecule has 2 rings (SSSR count). The molecule has 1 aromatic carbocycles. The average Bonchev–Trinajstić information content (AvgIpc) is 2.49. The summed E-state index contributed by atoms with van der Waals surface area (Å²) in [5, 5.41) is 3.38. The molecule has 1 heterocycles. The van der Waals surface area contributed by atoms with E-state index in [1.165, 1.54) is 12.3 Å². The first kappa shape index (κ1) is 14.3. The van der Waals surface area contributed by atoms with Gasteiger partial charge in [0.15, 0.2) is 0 Å². The zero-order valence-corrected chi connectivity index (χ0v) is 11.7. The molecule has 5 heteroatoms. The van der Waals surface area contributed by atoms with Crippen molar-refractivity contribution in [1.29, 1.82) is 0 Å². The second kappa shape index (κ2) is 6.86. The highest BCUT2D eigenvalue weighted by Crippen LogP contribution is 2.18. The Balaban J connectivity index is 2.22. The van der Waals surface area contributed by atoms with Gasteiger partial charge in [-0.25, -0.2) is 4.98 Å². The highest BCUT2D eigenvalue weighted by Gasteiger charge is 2.11. The first-order valence-corrected chi connectivity index (χ1v) is 6.62. The minimum atomic E-state index is -0.0450. The van der Waals surface area contributed by atoms with Crippen molar-refractivity contribution in [2.75, 3.05) is 13.7 Å². The zero-order valence-electron chi connectivity index (χ0n) is 11.7. The minimum absolute atomic E-state index is 0.0450. The van der Waals surface area contributed by atoms with Gasteiger partial charge in [-0.05, 0) is 24.2 Å². The maximum Gasteiger partial charge on any atom is 0.253 e. The third kappa shape index (κ3) is 3.45. The number of hydrogen-bond acceptors (Lipinski definition) is 4. The van der Waals surface area contributed by atoms with Crippen LogP contribution in [0, 0.1) is 0 Å². The van der Waals surface area contributed by atoms with Gasteiger partial charge in [-0.2, -0.15) is 0 Å². The maximum atomic E-state index is 11.8. The predicted molar refractivity (Wildman–Crippen MR) is 77.9 cm³/mol. The van der Waals surface area contributed by atoms with Gasteiger partial charge in [0.05, 0.1) is 19.5 Å². The van der Waals surface area contributed by atoms with Crippen LogP contribution in [-0.2, 0) is 6.54 Å². The van der Waals surface area contributed by atoms with Crippen LogP contribution >= 0.6 is 0 Å². The van der Waals surface area contributed by atoms with Crippen LogP contribution in [0.15, 0.2) is 47.7 Å². The van der Waals surface area contributed by atoms with Gasteiger partial charge >= 0.3 is 0 Å². The summed E-state index contributed by atoms with van der Waals surface area (Å²) >= 11 is 0. The number of methoxy groups -OCH3 is 1. The average molecular weight is 273 g/mol. The van der Waals surface area contributed by atoms with Gasteiger partial charge in [0.1, 0.15) is 5.75 Å². The normalized spacial score (nSPS) is 12.1. The Bertz CT molecular complexity index is 593. The first-order valence-electron chi connectivity index (χ1n) is 6.62. The van der Waals surface area contributed by atoms with E-state index < -0.39 is 0 Å². The summed E-state index contributed by atoms with van der Waals surface area (Å²) < 4.78 is 6.77. The smallest absolute Gasteiger partial charge is 0.253 e. The Morgan fingerprint density at radius 3 is 2.65 bits per heavy atom. The van der Waals surface area contributed by atoms with E-state index in [2.05, 4.69) is 10.3 Å². The second-order valence-corrected chi connectivity index (χ2v) is 4.45. The highest BCUT2D eigenvalue weighted by atomic mass is 16.5. The molecule has 5 nitrogen and oxygen atoms in total. The van der Waals surface area contributed by atoms with Crippen molar-refractivity contribution in [2.24, 2.45) is 0 Å². The number of rotatable bonds is 6. The molecule has 1 unspecified atom stereocenters. The molecule has 0 amide bonds. The molecule has 0 saturated carbocycles. The molecule has 0 saturated heterocycles. The van der Waals surface area contributed by atoms with E-state index >= 15 is 0 Å². The number of ether oxygens (including phenoxy) is 1. The summed E-state index contributed by atoms with van der Waals surface area (Å²) in [5.41, 5.74) is 1.07. The van der Waals surface area contributed by atoms with Gasteiger partial charge in [0.25, 0.3) is 5.56 Å². The molecule has 20 heavy (non-hydrogen) atoms. The molecule has 2 aromatic rings. The fourth-order valence-electron chi connectivity index (χ4n) is 2.08. The van der Waals surface area contributed by atoms with Crippen molar-refractivity contribution in [2.45, 2.75) is 19.5 Å².